The Morgan fingerprint density at radius 3 is 2.40 bits per heavy atom. The minimum absolute atomic E-state index is 0.00514. The number of anilines is 1. The highest BCUT2D eigenvalue weighted by molar-refractivity contribution is 7.88. The Labute approximate surface area is 211 Å². The molecule has 0 spiro atoms. The van der Waals surface area contributed by atoms with Gasteiger partial charge in [-0.05, 0) is 75.3 Å². The van der Waals surface area contributed by atoms with Gasteiger partial charge in [0.25, 0.3) is 0 Å². The van der Waals surface area contributed by atoms with Gasteiger partial charge in [-0.3, -0.25) is 4.79 Å². The van der Waals surface area contributed by atoms with E-state index in [-0.39, 0.29) is 11.8 Å². The summed E-state index contributed by atoms with van der Waals surface area (Å²) in [5, 5.41) is 3.08. The third-order valence-electron chi connectivity index (χ3n) is 7.09. The molecule has 1 aliphatic rings. The van der Waals surface area contributed by atoms with Crippen molar-refractivity contribution >= 4 is 21.6 Å². The highest BCUT2D eigenvalue weighted by atomic mass is 32.2. The summed E-state index contributed by atoms with van der Waals surface area (Å²) in [6.07, 6.45) is 5.13. The maximum atomic E-state index is 12.8. The van der Waals surface area contributed by atoms with Crippen molar-refractivity contribution in [2.45, 2.75) is 58.4 Å². The molecule has 6 nitrogen and oxygen atoms in total. The van der Waals surface area contributed by atoms with Gasteiger partial charge < -0.3 is 10.2 Å². The fourth-order valence-corrected chi connectivity index (χ4v) is 5.80. The molecule has 35 heavy (non-hydrogen) atoms. The summed E-state index contributed by atoms with van der Waals surface area (Å²) in [6.45, 7) is 9.68. The van der Waals surface area contributed by atoms with E-state index < -0.39 is 10.0 Å². The minimum atomic E-state index is -3.09. The van der Waals surface area contributed by atoms with Crippen molar-refractivity contribution in [2.24, 2.45) is 5.92 Å². The zero-order valence-electron chi connectivity index (χ0n) is 21.6. The number of piperidine rings is 1. The first kappa shape index (κ1) is 27.4. The molecule has 0 aliphatic carbocycles. The first-order valence-electron chi connectivity index (χ1n) is 12.8. The van der Waals surface area contributed by atoms with Crippen LogP contribution in [0.2, 0.25) is 0 Å². The Kier molecular flexibility index (Phi) is 9.89. The van der Waals surface area contributed by atoms with Crippen LogP contribution in [-0.2, 0) is 21.2 Å². The van der Waals surface area contributed by atoms with Crippen LogP contribution in [0.3, 0.4) is 0 Å². The molecule has 192 valence electrons. The average molecular weight is 500 g/mol. The van der Waals surface area contributed by atoms with Crippen molar-refractivity contribution < 1.29 is 13.2 Å². The lowest BCUT2D eigenvalue weighted by Gasteiger charge is -2.36. The Hall–Kier alpha value is -2.22. The molecule has 2 unspecified atom stereocenters. The predicted molar refractivity (Wildman–Crippen MR) is 144 cm³/mol. The molecule has 0 saturated carbocycles. The second-order valence-corrected chi connectivity index (χ2v) is 12.0. The van der Waals surface area contributed by atoms with Crippen LogP contribution in [0.4, 0.5) is 5.69 Å². The quantitative estimate of drug-likeness (QED) is 0.485. The van der Waals surface area contributed by atoms with Gasteiger partial charge in [-0.15, -0.1) is 0 Å². The van der Waals surface area contributed by atoms with Crippen molar-refractivity contribution in [1.82, 2.24) is 9.21 Å². The minimum Gasteiger partial charge on any atom is -0.326 e. The first-order chi connectivity index (χ1) is 16.7. The molecular formula is C28H41N3O3S. The van der Waals surface area contributed by atoms with Crippen molar-refractivity contribution in [3.8, 4) is 0 Å². The zero-order chi connectivity index (χ0) is 25.4. The Bertz CT molecular complexity index is 1050. The Balaban J connectivity index is 1.58. The monoisotopic (exact) mass is 499 g/mol. The Morgan fingerprint density at radius 2 is 1.77 bits per heavy atom. The van der Waals surface area contributed by atoms with E-state index in [1.54, 1.807) is 4.31 Å². The van der Waals surface area contributed by atoms with Crippen LogP contribution in [0.1, 0.15) is 57.1 Å². The summed E-state index contributed by atoms with van der Waals surface area (Å²) in [7, 11) is -3.09. The molecule has 3 rings (SSSR count). The van der Waals surface area contributed by atoms with E-state index in [0.29, 0.717) is 25.0 Å². The number of amides is 1. The van der Waals surface area contributed by atoms with Gasteiger partial charge in [-0.1, -0.05) is 49.4 Å². The van der Waals surface area contributed by atoms with E-state index in [0.717, 1.165) is 50.0 Å². The van der Waals surface area contributed by atoms with Crippen LogP contribution in [-0.4, -0.2) is 62.0 Å². The summed E-state index contributed by atoms with van der Waals surface area (Å²) in [5.41, 5.74) is 3.04. The lowest BCUT2D eigenvalue weighted by Crippen LogP contribution is -2.44. The summed E-state index contributed by atoms with van der Waals surface area (Å²) < 4.78 is 25.3. The maximum Gasteiger partial charge on any atom is 0.231 e. The third-order valence-corrected chi connectivity index (χ3v) is 8.39. The number of nitrogens with one attached hydrogen (secondary N) is 1. The lowest BCUT2D eigenvalue weighted by atomic mass is 9.96. The van der Waals surface area contributed by atoms with Gasteiger partial charge in [0.1, 0.15) is 0 Å². The van der Waals surface area contributed by atoms with Gasteiger partial charge in [0.05, 0.1) is 12.2 Å². The van der Waals surface area contributed by atoms with E-state index in [1.165, 1.54) is 11.8 Å². The van der Waals surface area contributed by atoms with E-state index in [4.69, 9.17) is 0 Å². The number of carbonyl (C=O) groups is 1. The topological polar surface area (TPSA) is 69.7 Å². The molecule has 2 aromatic carbocycles. The normalized spacial score (nSPS) is 17.3. The van der Waals surface area contributed by atoms with Crippen molar-refractivity contribution in [3.05, 3.63) is 65.7 Å². The molecule has 7 heteroatoms. The smallest absolute Gasteiger partial charge is 0.231 e. The number of sulfonamides is 1. The second kappa shape index (κ2) is 12.7. The van der Waals surface area contributed by atoms with Crippen molar-refractivity contribution in [2.75, 3.05) is 37.8 Å². The number of nitrogens with zero attached hydrogens (tertiary/aromatic N) is 2. The predicted octanol–water partition coefficient (Wildman–Crippen LogP) is 4.74. The summed E-state index contributed by atoms with van der Waals surface area (Å²) >= 11 is 0. The maximum absolute atomic E-state index is 12.8. The number of benzene rings is 2. The zero-order valence-corrected chi connectivity index (χ0v) is 22.4. The molecule has 1 amide bonds. The Morgan fingerprint density at radius 1 is 1.09 bits per heavy atom. The lowest BCUT2D eigenvalue weighted by molar-refractivity contribution is -0.117. The average Bonchev–Trinajstić information content (AvgIpc) is 2.84. The largest absolute Gasteiger partial charge is 0.326 e. The van der Waals surface area contributed by atoms with Gasteiger partial charge in [-0.25, -0.2) is 12.7 Å². The third kappa shape index (κ3) is 8.16. The summed E-state index contributed by atoms with van der Waals surface area (Å²) in [4.78, 5) is 15.3. The summed E-state index contributed by atoms with van der Waals surface area (Å²) in [5.74, 6) is 0.300. The number of carbonyl (C=O) groups excluding carboxylic acids is 1. The van der Waals surface area contributed by atoms with Gasteiger partial charge in [0.2, 0.25) is 15.9 Å². The summed E-state index contributed by atoms with van der Waals surface area (Å²) in [6, 6.07) is 18.4. The van der Waals surface area contributed by atoms with Crippen LogP contribution in [0, 0.1) is 5.92 Å². The number of hydrogen-bond acceptors (Lipinski definition) is 4. The van der Waals surface area contributed by atoms with E-state index in [9.17, 15) is 13.2 Å². The van der Waals surface area contributed by atoms with E-state index in [1.807, 2.05) is 49.4 Å². The molecule has 2 atom stereocenters. The van der Waals surface area contributed by atoms with Gasteiger partial charge in [-0.2, -0.15) is 0 Å². The van der Waals surface area contributed by atoms with Crippen LogP contribution < -0.4 is 5.32 Å². The van der Waals surface area contributed by atoms with E-state index >= 15 is 0 Å². The van der Waals surface area contributed by atoms with Crippen molar-refractivity contribution in [3.63, 3.8) is 0 Å². The standard InChI is InChI=1S/C28H41N3O3S/c1-5-16-30(21-24-14-17-31(18-15-24)35(4,33)34)22(2)19-25-10-9-13-27(20-25)29-28(32)23(3)26-11-7-6-8-12-26/h6-13,20,22-24H,5,14-19,21H2,1-4H3,(H,29,32). The molecular weight excluding hydrogens is 458 g/mol. The molecule has 1 N–H and O–H groups in total. The molecule has 1 fully saturated rings. The van der Waals surface area contributed by atoms with Gasteiger partial charge >= 0.3 is 0 Å². The highest BCUT2D eigenvalue weighted by Gasteiger charge is 2.27. The van der Waals surface area contributed by atoms with Gasteiger partial charge in [0, 0.05) is 31.4 Å². The first-order valence-corrected chi connectivity index (χ1v) is 14.7. The van der Waals surface area contributed by atoms with Gasteiger partial charge in [0.15, 0.2) is 0 Å². The fraction of sp³-hybridized carbons (Fsp3) is 0.536. The molecule has 1 heterocycles. The molecule has 0 bridgehead atoms. The van der Waals surface area contributed by atoms with Crippen molar-refractivity contribution in [1.29, 1.82) is 0 Å². The SMILES string of the molecule is CCCN(CC1CCN(S(C)(=O)=O)CC1)C(C)Cc1cccc(NC(=O)C(C)c2ccccc2)c1. The molecule has 1 saturated heterocycles. The highest BCUT2D eigenvalue weighted by Crippen LogP contribution is 2.23. The molecule has 2 aromatic rings. The fourth-order valence-electron chi connectivity index (χ4n) is 4.92. The van der Waals surface area contributed by atoms with E-state index in [2.05, 4.69) is 36.2 Å². The van der Waals surface area contributed by atoms with Crippen LogP contribution in [0.5, 0.6) is 0 Å². The second-order valence-electron chi connectivity index (χ2n) is 9.98. The van der Waals surface area contributed by atoms with Crippen LogP contribution >= 0.6 is 0 Å². The molecule has 0 aromatic heterocycles. The number of hydrogen-bond donors (Lipinski definition) is 1. The molecule has 0 radical (unpaired) electrons. The van der Waals surface area contributed by atoms with Crippen LogP contribution in [0.25, 0.3) is 0 Å². The number of rotatable bonds is 11. The molecule has 1 aliphatic heterocycles. The van der Waals surface area contributed by atoms with Crippen LogP contribution in [0.15, 0.2) is 54.6 Å².